The predicted molar refractivity (Wildman–Crippen MR) is 79.1 cm³/mol. The molecule has 0 aromatic heterocycles. The summed E-state index contributed by atoms with van der Waals surface area (Å²) in [6.07, 6.45) is 1.73. The maximum atomic E-state index is 11.4. The molecule has 0 aliphatic carbocycles. The van der Waals surface area contributed by atoms with Crippen molar-refractivity contribution in [2.24, 2.45) is 0 Å². The Balaban J connectivity index is 2.17. The molecule has 0 saturated carbocycles. The van der Waals surface area contributed by atoms with Crippen LogP contribution < -0.4 is 10.2 Å². The van der Waals surface area contributed by atoms with Crippen molar-refractivity contribution in [2.45, 2.75) is 13.8 Å². The van der Waals surface area contributed by atoms with E-state index in [1.54, 1.807) is 6.08 Å². The number of benzene rings is 1. The average molecular weight is 276 g/mol. The number of rotatable bonds is 4. The van der Waals surface area contributed by atoms with Crippen LogP contribution >= 0.6 is 11.8 Å². The first-order valence-electron chi connectivity index (χ1n) is 6.24. The van der Waals surface area contributed by atoms with E-state index in [2.05, 4.69) is 24.1 Å². The summed E-state index contributed by atoms with van der Waals surface area (Å²) in [7, 11) is 0. The van der Waals surface area contributed by atoms with Crippen LogP contribution in [0, 0.1) is 0 Å². The van der Waals surface area contributed by atoms with Gasteiger partial charge in [-0.15, -0.1) is 0 Å². The number of hydrogen-bond donors (Lipinski definition) is 1. The van der Waals surface area contributed by atoms with Crippen LogP contribution in [0.15, 0.2) is 29.2 Å². The molecule has 1 aliphatic heterocycles. The minimum absolute atomic E-state index is 0.309. The second kappa shape index (κ2) is 5.93. The second-order valence-corrected chi connectivity index (χ2v) is 5.13. The summed E-state index contributed by atoms with van der Waals surface area (Å²) in [4.78, 5) is 25.2. The van der Waals surface area contributed by atoms with E-state index < -0.39 is 0 Å². The Kier molecular flexibility index (Phi) is 4.27. The van der Waals surface area contributed by atoms with Crippen LogP contribution in [0.3, 0.4) is 0 Å². The number of imide groups is 1. The van der Waals surface area contributed by atoms with Crippen LogP contribution in [0.5, 0.6) is 0 Å². The minimum atomic E-state index is -0.317. The van der Waals surface area contributed by atoms with Crippen molar-refractivity contribution in [3.8, 4) is 0 Å². The van der Waals surface area contributed by atoms with E-state index in [4.69, 9.17) is 0 Å². The maximum Gasteiger partial charge on any atom is 0.290 e. The fraction of sp³-hybridized carbons (Fsp3) is 0.286. The van der Waals surface area contributed by atoms with E-state index in [0.29, 0.717) is 4.91 Å². The standard InChI is InChI=1S/C14H16N2O2S/c1-3-16(4-2)11-7-5-10(6-8-11)9-12-13(17)15-14(18)19-12/h5-9H,3-4H2,1-2H3,(H,15,17,18)/b12-9-. The molecule has 1 aliphatic rings. The van der Waals surface area contributed by atoms with Gasteiger partial charge >= 0.3 is 0 Å². The number of nitrogens with zero attached hydrogens (tertiary/aromatic N) is 1. The number of thioether (sulfide) groups is 1. The first-order valence-corrected chi connectivity index (χ1v) is 7.05. The Bertz CT molecular complexity index is 519. The van der Waals surface area contributed by atoms with Gasteiger partial charge < -0.3 is 4.90 Å². The fourth-order valence-corrected chi connectivity index (χ4v) is 2.62. The summed E-state index contributed by atoms with van der Waals surface area (Å²) in [6.45, 7) is 6.16. The van der Waals surface area contributed by atoms with Gasteiger partial charge in [0, 0.05) is 18.8 Å². The van der Waals surface area contributed by atoms with Crippen molar-refractivity contribution in [3.05, 3.63) is 34.7 Å². The van der Waals surface area contributed by atoms with Crippen LogP contribution in [0.1, 0.15) is 19.4 Å². The normalized spacial score (nSPS) is 16.8. The van der Waals surface area contributed by atoms with E-state index >= 15 is 0 Å². The Morgan fingerprint density at radius 2 is 1.79 bits per heavy atom. The van der Waals surface area contributed by atoms with Crippen molar-refractivity contribution in [1.82, 2.24) is 5.32 Å². The van der Waals surface area contributed by atoms with E-state index in [-0.39, 0.29) is 11.1 Å². The van der Waals surface area contributed by atoms with Gasteiger partial charge in [0.2, 0.25) is 0 Å². The van der Waals surface area contributed by atoms with Gasteiger partial charge in [0.05, 0.1) is 4.91 Å². The lowest BCUT2D eigenvalue weighted by Crippen LogP contribution is -2.21. The van der Waals surface area contributed by atoms with Gasteiger partial charge in [-0.2, -0.15) is 0 Å². The molecule has 0 unspecified atom stereocenters. The topological polar surface area (TPSA) is 49.4 Å². The Morgan fingerprint density at radius 1 is 1.16 bits per heavy atom. The number of carbonyl (C=O) groups excluding carboxylic acids is 2. The van der Waals surface area contributed by atoms with Crippen molar-refractivity contribution < 1.29 is 9.59 Å². The fourth-order valence-electron chi connectivity index (χ4n) is 1.94. The number of amides is 2. The molecule has 2 amide bonds. The zero-order valence-corrected chi connectivity index (χ0v) is 11.8. The lowest BCUT2D eigenvalue weighted by atomic mass is 10.2. The van der Waals surface area contributed by atoms with E-state index in [1.807, 2.05) is 24.3 Å². The first-order chi connectivity index (χ1) is 9.13. The number of anilines is 1. The minimum Gasteiger partial charge on any atom is -0.372 e. The van der Waals surface area contributed by atoms with Gasteiger partial charge in [-0.25, -0.2) is 0 Å². The molecule has 1 N–H and O–H groups in total. The summed E-state index contributed by atoms with van der Waals surface area (Å²) >= 11 is 0.939. The Hall–Kier alpha value is -1.75. The quantitative estimate of drug-likeness (QED) is 0.859. The molecular weight excluding hydrogens is 260 g/mol. The molecule has 1 aromatic carbocycles. The maximum absolute atomic E-state index is 11.4. The highest BCUT2D eigenvalue weighted by Crippen LogP contribution is 2.26. The molecule has 0 spiro atoms. The number of hydrogen-bond acceptors (Lipinski definition) is 4. The molecule has 5 heteroatoms. The Labute approximate surface area is 116 Å². The molecule has 0 bridgehead atoms. The van der Waals surface area contributed by atoms with E-state index in [9.17, 15) is 9.59 Å². The third-order valence-electron chi connectivity index (χ3n) is 2.96. The molecule has 1 fully saturated rings. The van der Waals surface area contributed by atoms with Gasteiger partial charge in [0.1, 0.15) is 0 Å². The van der Waals surface area contributed by atoms with Crippen molar-refractivity contribution in [3.63, 3.8) is 0 Å². The highest BCUT2D eigenvalue weighted by atomic mass is 32.2. The number of carbonyl (C=O) groups is 2. The SMILES string of the molecule is CCN(CC)c1ccc(/C=C2\SC(=O)NC2=O)cc1. The van der Waals surface area contributed by atoms with Gasteiger partial charge in [0.25, 0.3) is 11.1 Å². The Morgan fingerprint density at radius 3 is 2.26 bits per heavy atom. The molecule has 0 radical (unpaired) electrons. The molecule has 100 valence electrons. The summed E-state index contributed by atoms with van der Waals surface area (Å²) in [5.74, 6) is -0.317. The summed E-state index contributed by atoms with van der Waals surface area (Å²) in [6, 6.07) is 7.96. The third-order valence-corrected chi connectivity index (χ3v) is 3.77. The van der Waals surface area contributed by atoms with Crippen molar-refractivity contribution in [2.75, 3.05) is 18.0 Å². The number of nitrogens with one attached hydrogen (secondary N) is 1. The van der Waals surface area contributed by atoms with Crippen molar-refractivity contribution >= 4 is 34.7 Å². The van der Waals surface area contributed by atoms with Crippen molar-refractivity contribution in [1.29, 1.82) is 0 Å². The molecule has 4 nitrogen and oxygen atoms in total. The van der Waals surface area contributed by atoms with Crippen LogP contribution in [-0.4, -0.2) is 24.2 Å². The highest BCUT2D eigenvalue weighted by Gasteiger charge is 2.24. The lowest BCUT2D eigenvalue weighted by Gasteiger charge is -2.20. The largest absolute Gasteiger partial charge is 0.372 e. The average Bonchev–Trinajstić information content (AvgIpc) is 2.71. The third kappa shape index (κ3) is 3.17. The van der Waals surface area contributed by atoms with Gasteiger partial charge in [0.15, 0.2) is 0 Å². The molecular formula is C14H16N2O2S. The molecule has 1 heterocycles. The van der Waals surface area contributed by atoms with Gasteiger partial charge in [-0.3, -0.25) is 14.9 Å². The molecule has 0 atom stereocenters. The second-order valence-electron chi connectivity index (χ2n) is 4.12. The zero-order valence-electron chi connectivity index (χ0n) is 11.0. The van der Waals surface area contributed by atoms with Crippen LogP contribution in [0.4, 0.5) is 10.5 Å². The van der Waals surface area contributed by atoms with Gasteiger partial charge in [-0.05, 0) is 49.4 Å². The molecule has 2 rings (SSSR count). The molecule has 19 heavy (non-hydrogen) atoms. The summed E-state index contributed by atoms with van der Waals surface area (Å²) in [5, 5.41) is 1.93. The smallest absolute Gasteiger partial charge is 0.290 e. The summed E-state index contributed by atoms with van der Waals surface area (Å²) < 4.78 is 0. The lowest BCUT2D eigenvalue weighted by molar-refractivity contribution is -0.115. The van der Waals surface area contributed by atoms with E-state index in [1.165, 1.54) is 0 Å². The zero-order chi connectivity index (χ0) is 13.8. The molecule has 1 saturated heterocycles. The van der Waals surface area contributed by atoms with Gasteiger partial charge in [-0.1, -0.05) is 12.1 Å². The predicted octanol–water partition coefficient (Wildman–Crippen LogP) is 2.86. The van der Waals surface area contributed by atoms with Crippen LogP contribution in [0.2, 0.25) is 0 Å². The van der Waals surface area contributed by atoms with Crippen LogP contribution in [-0.2, 0) is 4.79 Å². The van der Waals surface area contributed by atoms with E-state index in [0.717, 1.165) is 36.1 Å². The van der Waals surface area contributed by atoms with Crippen LogP contribution in [0.25, 0.3) is 6.08 Å². The molecule has 1 aromatic rings. The highest BCUT2D eigenvalue weighted by molar-refractivity contribution is 8.18. The summed E-state index contributed by atoms with van der Waals surface area (Å²) in [5.41, 5.74) is 2.08. The first kappa shape index (κ1) is 13.7. The monoisotopic (exact) mass is 276 g/mol.